The Hall–Kier alpha value is -1.17. The van der Waals surface area contributed by atoms with E-state index in [2.05, 4.69) is 60.3 Å². The van der Waals surface area contributed by atoms with Gasteiger partial charge in [0.15, 0.2) is 0 Å². The van der Waals surface area contributed by atoms with Crippen LogP contribution in [0.15, 0.2) is 48.6 Å². The number of rotatable bonds is 16. The summed E-state index contributed by atoms with van der Waals surface area (Å²) in [6.07, 6.45) is 28.4. The molecule has 0 radical (unpaired) electrons. The number of allylic oxidation sites excluding steroid dienone is 8. The van der Waals surface area contributed by atoms with E-state index in [-0.39, 0.29) is 0 Å². The molecule has 0 saturated carbocycles. The van der Waals surface area contributed by atoms with Crippen molar-refractivity contribution in [1.82, 2.24) is 4.72 Å². The zero-order chi connectivity index (χ0) is 18.6. The first-order valence-corrected chi connectivity index (χ1v) is 11.0. The maximum Gasteiger partial charge on any atom is 0.274 e. The minimum Gasteiger partial charge on any atom is -0.216 e. The molecular weight excluding hydrogens is 332 g/mol. The molecule has 0 aromatic carbocycles. The zero-order valence-corrected chi connectivity index (χ0v) is 16.5. The third-order valence-corrected chi connectivity index (χ3v) is 4.16. The third kappa shape index (κ3) is 22.8. The van der Waals surface area contributed by atoms with Crippen molar-refractivity contribution in [2.24, 2.45) is 5.14 Å². The van der Waals surface area contributed by atoms with Gasteiger partial charge in [-0.25, -0.2) is 9.86 Å². The summed E-state index contributed by atoms with van der Waals surface area (Å²) in [5, 5.41) is 4.84. The fraction of sp³-hybridized carbons (Fsp3) is 0.600. The van der Waals surface area contributed by atoms with Crippen molar-refractivity contribution in [1.29, 1.82) is 0 Å². The van der Waals surface area contributed by atoms with E-state index in [0.29, 0.717) is 6.54 Å². The molecule has 0 bridgehead atoms. The summed E-state index contributed by atoms with van der Waals surface area (Å²) in [7, 11) is -3.53. The van der Waals surface area contributed by atoms with Crippen LogP contribution in [0.4, 0.5) is 0 Å². The fourth-order valence-corrected chi connectivity index (χ4v) is 2.59. The molecule has 0 aromatic rings. The Kier molecular flexibility index (Phi) is 16.8. The second-order valence-electron chi connectivity index (χ2n) is 6.02. The largest absolute Gasteiger partial charge is 0.274 e. The van der Waals surface area contributed by atoms with E-state index in [1.165, 1.54) is 25.7 Å². The van der Waals surface area contributed by atoms with Crippen molar-refractivity contribution in [2.75, 3.05) is 6.54 Å². The van der Waals surface area contributed by atoms with E-state index in [1.54, 1.807) is 0 Å². The Labute approximate surface area is 155 Å². The second-order valence-corrected chi connectivity index (χ2v) is 7.40. The molecule has 0 saturated heterocycles. The van der Waals surface area contributed by atoms with Gasteiger partial charge >= 0.3 is 0 Å². The van der Waals surface area contributed by atoms with Gasteiger partial charge in [0.25, 0.3) is 10.2 Å². The van der Waals surface area contributed by atoms with E-state index < -0.39 is 10.2 Å². The van der Waals surface area contributed by atoms with Gasteiger partial charge in [0.1, 0.15) is 0 Å². The molecule has 0 atom stereocenters. The molecule has 0 heterocycles. The van der Waals surface area contributed by atoms with Crippen LogP contribution in [0.3, 0.4) is 0 Å². The molecule has 5 heteroatoms. The lowest BCUT2D eigenvalue weighted by molar-refractivity contribution is 0.579. The van der Waals surface area contributed by atoms with Gasteiger partial charge in [-0.05, 0) is 51.4 Å². The molecule has 4 nitrogen and oxygen atoms in total. The van der Waals surface area contributed by atoms with Gasteiger partial charge in [0.05, 0.1) is 0 Å². The molecule has 0 spiro atoms. The number of nitrogens with two attached hydrogens (primary N) is 1. The maximum absolute atomic E-state index is 10.7. The van der Waals surface area contributed by atoms with Crippen LogP contribution in [0, 0.1) is 0 Å². The molecule has 144 valence electrons. The lowest BCUT2D eigenvalue weighted by Gasteiger charge is -1.99. The SMILES string of the molecule is CCCCC/C=C\C/C=C\C/C=C\C/C=C\CCCCNS(N)(=O)=O. The highest BCUT2D eigenvalue weighted by Crippen LogP contribution is 2.01. The Balaban J connectivity index is 3.43. The standard InChI is InChI=1S/C20H36N2O2S/c1-2-3-4-5-6-7-8-9-10-11-12-13-14-15-16-17-18-19-20-22-25(21,23)24/h6-7,9-10,12-13,15-16,22H,2-5,8,11,14,17-20H2,1H3,(H2,21,23,24)/b7-6-,10-9-,13-12-,16-15-. The van der Waals surface area contributed by atoms with Gasteiger partial charge in [0.2, 0.25) is 0 Å². The molecule has 0 unspecified atom stereocenters. The topological polar surface area (TPSA) is 72.2 Å². The predicted molar refractivity (Wildman–Crippen MR) is 110 cm³/mol. The molecule has 0 fully saturated rings. The smallest absolute Gasteiger partial charge is 0.216 e. The van der Waals surface area contributed by atoms with Crippen LogP contribution in [0.5, 0.6) is 0 Å². The van der Waals surface area contributed by atoms with Crippen LogP contribution >= 0.6 is 0 Å². The van der Waals surface area contributed by atoms with Crippen LogP contribution < -0.4 is 9.86 Å². The van der Waals surface area contributed by atoms with E-state index in [9.17, 15) is 8.42 Å². The summed E-state index contributed by atoms with van der Waals surface area (Å²) in [5.41, 5.74) is 0. The second kappa shape index (κ2) is 17.6. The maximum atomic E-state index is 10.7. The van der Waals surface area contributed by atoms with Gasteiger partial charge in [0, 0.05) is 6.54 Å². The summed E-state index contributed by atoms with van der Waals surface area (Å²) >= 11 is 0. The van der Waals surface area contributed by atoms with Crippen LogP contribution in [-0.2, 0) is 10.2 Å². The van der Waals surface area contributed by atoms with Crippen molar-refractivity contribution in [3.05, 3.63) is 48.6 Å². The average Bonchev–Trinajstić information content (AvgIpc) is 2.56. The molecule has 0 aliphatic carbocycles. The van der Waals surface area contributed by atoms with E-state index >= 15 is 0 Å². The molecule has 25 heavy (non-hydrogen) atoms. The van der Waals surface area contributed by atoms with E-state index in [4.69, 9.17) is 5.14 Å². The highest BCUT2D eigenvalue weighted by molar-refractivity contribution is 7.87. The van der Waals surface area contributed by atoms with Crippen molar-refractivity contribution in [2.45, 2.75) is 71.1 Å². The summed E-state index contributed by atoms with van der Waals surface area (Å²) in [5.74, 6) is 0. The summed E-state index contributed by atoms with van der Waals surface area (Å²) in [4.78, 5) is 0. The van der Waals surface area contributed by atoms with Crippen LogP contribution in [-0.4, -0.2) is 15.0 Å². The summed E-state index contributed by atoms with van der Waals surface area (Å²) in [6, 6.07) is 0. The minimum absolute atomic E-state index is 0.410. The van der Waals surface area contributed by atoms with Gasteiger partial charge in [-0.15, -0.1) is 0 Å². The number of nitrogens with one attached hydrogen (secondary N) is 1. The first kappa shape index (κ1) is 23.8. The van der Waals surface area contributed by atoms with Crippen LogP contribution in [0.2, 0.25) is 0 Å². The van der Waals surface area contributed by atoms with Gasteiger partial charge < -0.3 is 0 Å². The predicted octanol–water partition coefficient (Wildman–Crippen LogP) is 4.93. The van der Waals surface area contributed by atoms with Crippen molar-refractivity contribution < 1.29 is 8.42 Å². The molecule has 0 aliphatic rings. The van der Waals surface area contributed by atoms with E-state index in [1.807, 2.05) is 0 Å². The average molecular weight is 369 g/mol. The third-order valence-electron chi connectivity index (χ3n) is 3.56. The molecule has 0 rings (SSSR count). The number of unbranched alkanes of at least 4 members (excludes halogenated alkanes) is 5. The fourth-order valence-electron chi connectivity index (χ4n) is 2.16. The molecule has 0 aliphatic heterocycles. The summed E-state index contributed by atoms with van der Waals surface area (Å²) in [6.45, 7) is 2.64. The molecular formula is C20H36N2O2S. The molecule has 0 amide bonds. The minimum atomic E-state index is -3.53. The first-order valence-electron chi connectivity index (χ1n) is 9.43. The van der Waals surface area contributed by atoms with Gasteiger partial charge in [-0.1, -0.05) is 68.4 Å². The molecule has 3 N–H and O–H groups in total. The quantitative estimate of drug-likeness (QED) is 0.300. The summed E-state index contributed by atoms with van der Waals surface area (Å²) < 4.78 is 23.6. The van der Waals surface area contributed by atoms with Crippen molar-refractivity contribution in [3.63, 3.8) is 0 Å². The van der Waals surface area contributed by atoms with Crippen LogP contribution in [0.1, 0.15) is 71.1 Å². The Morgan fingerprint density at radius 2 is 1.16 bits per heavy atom. The number of hydrogen-bond acceptors (Lipinski definition) is 2. The highest BCUT2D eigenvalue weighted by atomic mass is 32.2. The van der Waals surface area contributed by atoms with Crippen LogP contribution in [0.25, 0.3) is 0 Å². The lowest BCUT2D eigenvalue weighted by atomic mass is 10.2. The molecule has 0 aromatic heterocycles. The normalized spacial score (nSPS) is 13.2. The zero-order valence-electron chi connectivity index (χ0n) is 15.7. The van der Waals surface area contributed by atoms with E-state index in [0.717, 1.165) is 38.5 Å². The van der Waals surface area contributed by atoms with Crippen molar-refractivity contribution >= 4 is 10.2 Å². The number of hydrogen-bond donors (Lipinski definition) is 2. The van der Waals surface area contributed by atoms with Gasteiger partial charge in [-0.3, -0.25) is 0 Å². The highest BCUT2D eigenvalue weighted by Gasteiger charge is 1.97. The van der Waals surface area contributed by atoms with Crippen molar-refractivity contribution in [3.8, 4) is 0 Å². The Morgan fingerprint density at radius 1 is 0.720 bits per heavy atom. The first-order chi connectivity index (χ1) is 12.1. The Bertz CT molecular complexity index is 506. The monoisotopic (exact) mass is 368 g/mol. The lowest BCUT2D eigenvalue weighted by Crippen LogP contribution is -2.31. The Morgan fingerprint density at radius 3 is 1.60 bits per heavy atom. The van der Waals surface area contributed by atoms with Gasteiger partial charge in [-0.2, -0.15) is 8.42 Å².